The number of H-pyrrole nitrogens is 1. The highest BCUT2D eigenvalue weighted by molar-refractivity contribution is 6.06. The molecule has 27 heavy (non-hydrogen) atoms. The second-order valence-electron chi connectivity index (χ2n) is 6.98. The van der Waals surface area contributed by atoms with Crippen LogP contribution in [0.5, 0.6) is 0 Å². The Balaban J connectivity index is 1.54. The van der Waals surface area contributed by atoms with Crippen molar-refractivity contribution >= 4 is 28.3 Å². The first-order valence-electron chi connectivity index (χ1n) is 9.00. The van der Waals surface area contributed by atoms with Crippen LogP contribution in [-0.4, -0.2) is 54.0 Å². The van der Waals surface area contributed by atoms with Crippen LogP contribution in [0.4, 0.5) is 15.9 Å². The number of aryl methyl sites for hydroxylation is 1. The van der Waals surface area contributed by atoms with Crippen molar-refractivity contribution in [1.82, 2.24) is 14.9 Å². The number of carbonyl (C=O) groups excluding carboxylic acids is 1. The number of anilines is 2. The van der Waals surface area contributed by atoms with E-state index in [2.05, 4.69) is 32.1 Å². The molecule has 1 fully saturated rings. The molecular formula is C20H22FN5O. The Hall–Kier alpha value is -2.93. The van der Waals surface area contributed by atoms with Gasteiger partial charge in [0.2, 0.25) is 0 Å². The van der Waals surface area contributed by atoms with Crippen molar-refractivity contribution in [2.24, 2.45) is 0 Å². The van der Waals surface area contributed by atoms with E-state index in [0.717, 1.165) is 37.4 Å². The summed E-state index contributed by atoms with van der Waals surface area (Å²) in [5.41, 5.74) is 2.87. The minimum atomic E-state index is -0.346. The maximum Gasteiger partial charge on any atom is 0.273 e. The van der Waals surface area contributed by atoms with Gasteiger partial charge in [0.25, 0.3) is 5.91 Å². The van der Waals surface area contributed by atoms with Crippen molar-refractivity contribution in [2.75, 3.05) is 43.4 Å². The van der Waals surface area contributed by atoms with Crippen LogP contribution >= 0.6 is 0 Å². The smallest absolute Gasteiger partial charge is 0.273 e. The quantitative estimate of drug-likeness (QED) is 0.747. The highest BCUT2D eigenvalue weighted by Gasteiger charge is 2.17. The molecule has 1 aliphatic heterocycles. The first kappa shape index (κ1) is 17.5. The number of rotatable bonds is 3. The van der Waals surface area contributed by atoms with Gasteiger partial charge in [-0.2, -0.15) is 0 Å². The summed E-state index contributed by atoms with van der Waals surface area (Å²) >= 11 is 0. The lowest BCUT2D eigenvalue weighted by molar-refractivity contribution is 0.102. The summed E-state index contributed by atoms with van der Waals surface area (Å²) in [5, 5.41) is 3.22. The Kier molecular flexibility index (Phi) is 4.53. The minimum Gasteiger partial charge on any atom is -0.369 e. The zero-order chi connectivity index (χ0) is 19.0. The maximum absolute atomic E-state index is 14.0. The molecule has 6 nitrogen and oxygen atoms in total. The number of carbonyl (C=O) groups is 1. The number of piperazine rings is 1. The van der Waals surface area contributed by atoms with Gasteiger partial charge < -0.3 is 20.1 Å². The fraction of sp³-hybridized carbons (Fsp3) is 0.300. The number of hydrogen-bond acceptors (Lipinski definition) is 4. The molecule has 0 radical (unpaired) electrons. The highest BCUT2D eigenvalue weighted by Crippen LogP contribution is 2.23. The molecular weight excluding hydrogens is 345 g/mol. The van der Waals surface area contributed by atoms with Crippen LogP contribution < -0.4 is 10.2 Å². The molecule has 7 heteroatoms. The van der Waals surface area contributed by atoms with Gasteiger partial charge in [-0.05, 0) is 37.7 Å². The van der Waals surface area contributed by atoms with Gasteiger partial charge in [-0.25, -0.2) is 9.37 Å². The summed E-state index contributed by atoms with van der Waals surface area (Å²) < 4.78 is 14.0. The predicted octanol–water partition coefficient (Wildman–Crippen LogP) is 3.01. The SMILES string of the molecule is Cc1ccc(F)c2cc(C(=O)Nc3cc(N4CCN(C)CC4)ccn3)[nH]c12. The number of pyridine rings is 1. The lowest BCUT2D eigenvalue weighted by Crippen LogP contribution is -2.44. The van der Waals surface area contributed by atoms with Crippen LogP contribution in [0.15, 0.2) is 36.5 Å². The van der Waals surface area contributed by atoms with Crippen molar-refractivity contribution in [1.29, 1.82) is 0 Å². The van der Waals surface area contributed by atoms with Crippen LogP contribution in [0.25, 0.3) is 10.9 Å². The average Bonchev–Trinajstić information content (AvgIpc) is 3.13. The number of fused-ring (bicyclic) bond motifs is 1. The van der Waals surface area contributed by atoms with E-state index >= 15 is 0 Å². The second kappa shape index (κ2) is 7.00. The molecule has 0 bridgehead atoms. The fourth-order valence-electron chi connectivity index (χ4n) is 3.38. The summed E-state index contributed by atoms with van der Waals surface area (Å²) in [6.07, 6.45) is 1.69. The molecule has 0 saturated carbocycles. The third-order valence-corrected chi connectivity index (χ3v) is 5.05. The summed E-state index contributed by atoms with van der Waals surface area (Å²) in [7, 11) is 2.11. The van der Waals surface area contributed by atoms with Crippen molar-refractivity contribution in [2.45, 2.75) is 6.92 Å². The third-order valence-electron chi connectivity index (χ3n) is 5.05. The molecule has 0 aliphatic carbocycles. The molecule has 2 aromatic heterocycles. The number of hydrogen-bond donors (Lipinski definition) is 2. The van der Waals surface area contributed by atoms with E-state index in [1.807, 2.05) is 19.1 Å². The number of aromatic amines is 1. The van der Waals surface area contributed by atoms with E-state index in [1.54, 1.807) is 12.3 Å². The number of likely N-dealkylation sites (N-methyl/N-ethyl adjacent to an activating group) is 1. The van der Waals surface area contributed by atoms with Crippen molar-refractivity contribution in [3.05, 3.63) is 53.6 Å². The van der Waals surface area contributed by atoms with E-state index in [0.29, 0.717) is 22.4 Å². The lowest BCUT2D eigenvalue weighted by atomic mass is 10.1. The summed E-state index contributed by atoms with van der Waals surface area (Å²) in [5.74, 6) is -0.207. The monoisotopic (exact) mass is 367 g/mol. The number of amides is 1. The van der Waals surface area contributed by atoms with Gasteiger partial charge in [-0.1, -0.05) is 6.07 Å². The number of halogens is 1. The molecule has 1 aromatic carbocycles. The van der Waals surface area contributed by atoms with Gasteiger partial charge in [0.05, 0.1) is 5.52 Å². The molecule has 3 aromatic rings. The minimum absolute atomic E-state index is 0.310. The van der Waals surface area contributed by atoms with Crippen LogP contribution in [-0.2, 0) is 0 Å². The van der Waals surface area contributed by atoms with Gasteiger partial charge >= 0.3 is 0 Å². The van der Waals surface area contributed by atoms with Crippen LogP contribution in [0.3, 0.4) is 0 Å². The first-order valence-corrected chi connectivity index (χ1v) is 9.00. The fourth-order valence-corrected chi connectivity index (χ4v) is 3.38. The molecule has 0 atom stereocenters. The molecule has 1 amide bonds. The van der Waals surface area contributed by atoms with E-state index < -0.39 is 0 Å². The zero-order valence-electron chi connectivity index (χ0n) is 15.4. The van der Waals surface area contributed by atoms with Crippen molar-refractivity contribution < 1.29 is 9.18 Å². The Labute approximate surface area is 157 Å². The van der Waals surface area contributed by atoms with Gasteiger partial charge in [0, 0.05) is 49.5 Å². The first-order chi connectivity index (χ1) is 13.0. The number of nitrogens with one attached hydrogen (secondary N) is 2. The van der Waals surface area contributed by atoms with Gasteiger partial charge in [0.1, 0.15) is 17.3 Å². The van der Waals surface area contributed by atoms with Crippen LogP contribution in [0.1, 0.15) is 16.1 Å². The Morgan fingerprint density at radius 1 is 1.19 bits per heavy atom. The summed E-state index contributed by atoms with van der Waals surface area (Å²) in [6, 6.07) is 8.46. The zero-order valence-corrected chi connectivity index (χ0v) is 15.4. The molecule has 0 unspecified atom stereocenters. The van der Waals surface area contributed by atoms with E-state index in [1.165, 1.54) is 12.1 Å². The number of aromatic nitrogens is 2. The third kappa shape index (κ3) is 3.50. The van der Waals surface area contributed by atoms with Crippen molar-refractivity contribution in [3.8, 4) is 0 Å². The second-order valence-corrected chi connectivity index (χ2v) is 6.98. The summed E-state index contributed by atoms with van der Waals surface area (Å²) in [4.78, 5) is 24.4. The molecule has 3 heterocycles. The average molecular weight is 367 g/mol. The molecule has 140 valence electrons. The Morgan fingerprint density at radius 2 is 1.96 bits per heavy atom. The summed E-state index contributed by atoms with van der Waals surface area (Å²) in [6.45, 7) is 5.76. The Bertz CT molecular complexity index is 952. The largest absolute Gasteiger partial charge is 0.369 e. The maximum atomic E-state index is 14.0. The number of nitrogens with zero attached hydrogens (tertiary/aromatic N) is 3. The molecule has 4 rings (SSSR count). The topological polar surface area (TPSA) is 64.3 Å². The molecule has 0 spiro atoms. The molecule has 1 aliphatic rings. The van der Waals surface area contributed by atoms with Crippen molar-refractivity contribution in [3.63, 3.8) is 0 Å². The van der Waals surface area contributed by atoms with E-state index in [4.69, 9.17) is 0 Å². The Morgan fingerprint density at radius 3 is 2.70 bits per heavy atom. The van der Waals surface area contributed by atoms with E-state index in [-0.39, 0.29) is 11.7 Å². The highest BCUT2D eigenvalue weighted by atomic mass is 19.1. The number of benzene rings is 1. The normalized spacial score (nSPS) is 15.3. The molecule has 1 saturated heterocycles. The predicted molar refractivity (Wildman–Crippen MR) is 105 cm³/mol. The van der Waals surface area contributed by atoms with Crippen LogP contribution in [0, 0.1) is 12.7 Å². The molecule has 2 N–H and O–H groups in total. The van der Waals surface area contributed by atoms with E-state index in [9.17, 15) is 9.18 Å². The lowest BCUT2D eigenvalue weighted by Gasteiger charge is -2.34. The van der Waals surface area contributed by atoms with Gasteiger partial charge in [0.15, 0.2) is 0 Å². The van der Waals surface area contributed by atoms with Crippen LogP contribution in [0.2, 0.25) is 0 Å². The van der Waals surface area contributed by atoms with Gasteiger partial charge in [-0.3, -0.25) is 4.79 Å². The van der Waals surface area contributed by atoms with Gasteiger partial charge in [-0.15, -0.1) is 0 Å². The standard InChI is InChI=1S/C20H22FN5O/c1-13-3-4-16(21)15-12-17(23-19(13)15)20(27)24-18-11-14(5-6-22-18)26-9-7-25(2)8-10-26/h3-6,11-12,23H,7-10H2,1-2H3,(H,22,24,27).